The van der Waals surface area contributed by atoms with Crippen LogP contribution >= 0.6 is 7.92 Å². The molecule has 2 unspecified atom stereocenters. The molecule has 0 radical (unpaired) electrons. The third kappa shape index (κ3) is 7.43. The number of nitrogens with zero attached hydrogens (tertiary/aromatic N) is 2. The predicted molar refractivity (Wildman–Crippen MR) is 133 cm³/mol. The molecule has 1 aromatic heterocycles. The molecular formula is C25H39N2O3P. The number of anilines is 1. The van der Waals surface area contributed by atoms with Crippen molar-refractivity contribution in [3.63, 3.8) is 0 Å². The van der Waals surface area contributed by atoms with Crippen LogP contribution in [0.1, 0.15) is 45.6 Å². The summed E-state index contributed by atoms with van der Waals surface area (Å²) in [4.78, 5) is 16.0. The second-order valence-corrected chi connectivity index (χ2v) is 10.5. The molecule has 31 heavy (non-hydrogen) atoms. The molecule has 172 valence electrons. The molecule has 3 rings (SSSR count). The van der Waals surface area contributed by atoms with Gasteiger partial charge in [-0.1, -0.05) is 40.7 Å². The van der Waals surface area contributed by atoms with Gasteiger partial charge in [-0.3, -0.25) is 4.98 Å². The van der Waals surface area contributed by atoms with Crippen molar-refractivity contribution in [2.75, 3.05) is 50.9 Å². The van der Waals surface area contributed by atoms with E-state index in [2.05, 4.69) is 48.6 Å². The van der Waals surface area contributed by atoms with Crippen molar-refractivity contribution in [2.45, 2.75) is 46.5 Å². The van der Waals surface area contributed by atoms with Crippen LogP contribution in [-0.4, -0.2) is 57.3 Å². The molecule has 1 aliphatic rings. The lowest BCUT2D eigenvalue weighted by Gasteiger charge is -2.33. The highest BCUT2D eigenvalue weighted by molar-refractivity contribution is 7.56. The first-order chi connectivity index (χ1) is 15.1. The average Bonchev–Trinajstić information content (AvgIpc) is 2.77. The molecule has 2 aromatic rings. The van der Waals surface area contributed by atoms with Crippen molar-refractivity contribution >= 4 is 30.8 Å². The van der Waals surface area contributed by atoms with E-state index in [9.17, 15) is 0 Å². The van der Waals surface area contributed by atoms with Gasteiger partial charge in [-0.05, 0) is 56.2 Å². The summed E-state index contributed by atoms with van der Waals surface area (Å²) in [7, 11) is 1.80. The van der Waals surface area contributed by atoms with Crippen molar-refractivity contribution in [1.82, 2.24) is 4.98 Å². The molecule has 0 N–H and O–H groups in total. The van der Waals surface area contributed by atoms with Crippen LogP contribution in [-0.2, 0) is 16.0 Å². The van der Waals surface area contributed by atoms with E-state index in [1.165, 1.54) is 49.0 Å². The quantitative estimate of drug-likeness (QED) is 0.345. The summed E-state index contributed by atoms with van der Waals surface area (Å²) in [5.41, 5.74) is 3.67. The largest absolute Gasteiger partial charge is 0.488 e. The predicted octanol–water partition coefficient (Wildman–Crippen LogP) is 5.72. The lowest BCUT2D eigenvalue weighted by Crippen LogP contribution is -2.35. The van der Waals surface area contributed by atoms with E-state index in [1.807, 2.05) is 13.3 Å². The van der Waals surface area contributed by atoms with Gasteiger partial charge in [0.1, 0.15) is 12.9 Å². The Morgan fingerprint density at radius 2 is 2.10 bits per heavy atom. The number of aldehydes is 1. The first-order valence-electron chi connectivity index (χ1n) is 11.4. The SMILES string of the molecule is CC=O.CCCC(CCN1CCOc2cnc3ccc(CC)cc3c21)CP(C)COC. The summed E-state index contributed by atoms with van der Waals surface area (Å²) < 4.78 is 11.4. The van der Waals surface area contributed by atoms with Gasteiger partial charge in [0.15, 0.2) is 5.75 Å². The summed E-state index contributed by atoms with van der Waals surface area (Å²) in [5.74, 6) is 1.72. The molecule has 5 nitrogen and oxygen atoms in total. The fraction of sp³-hybridized carbons (Fsp3) is 0.600. The van der Waals surface area contributed by atoms with Crippen LogP contribution in [0.25, 0.3) is 10.9 Å². The van der Waals surface area contributed by atoms with Crippen LogP contribution in [0.2, 0.25) is 0 Å². The minimum Gasteiger partial charge on any atom is -0.488 e. The Balaban J connectivity index is 0.00000107. The summed E-state index contributed by atoms with van der Waals surface area (Å²) >= 11 is 0. The second kappa shape index (κ2) is 13.6. The van der Waals surface area contributed by atoms with E-state index >= 15 is 0 Å². The van der Waals surface area contributed by atoms with Gasteiger partial charge >= 0.3 is 0 Å². The maximum atomic E-state index is 8.81. The summed E-state index contributed by atoms with van der Waals surface area (Å²) in [6.07, 6.45) is 9.73. The van der Waals surface area contributed by atoms with Gasteiger partial charge in [0, 0.05) is 19.0 Å². The van der Waals surface area contributed by atoms with Crippen LogP contribution in [0.4, 0.5) is 5.69 Å². The number of hydrogen-bond acceptors (Lipinski definition) is 5. The first kappa shape index (κ1) is 25.5. The smallest absolute Gasteiger partial charge is 0.161 e. The number of carbonyl (C=O) groups is 1. The zero-order chi connectivity index (χ0) is 22.6. The van der Waals surface area contributed by atoms with E-state index in [4.69, 9.17) is 14.3 Å². The Morgan fingerprint density at radius 3 is 2.77 bits per heavy atom. The van der Waals surface area contributed by atoms with E-state index < -0.39 is 0 Å². The van der Waals surface area contributed by atoms with E-state index in [-0.39, 0.29) is 7.92 Å². The monoisotopic (exact) mass is 446 g/mol. The third-order valence-electron chi connectivity index (χ3n) is 5.64. The van der Waals surface area contributed by atoms with Crippen LogP contribution in [0, 0.1) is 5.92 Å². The number of carbonyl (C=O) groups excluding carboxylic acids is 1. The Labute approximate surface area is 189 Å². The molecule has 0 bridgehead atoms. The summed E-state index contributed by atoms with van der Waals surface area (Å²) in [5, 5.41) is 1.24. The summed E-state index contributed by atoms with van der Waals surface area (Å²) in [6, 6.07) is 6.64. The maximum Gasteiger partial charge on any atom is 0.161 e. The highest BCUT2D eigenvalue weighted by atomic mass is 31.1. The molecule has 0 amide bonds. The number of ether oxygens (including phenoxy) is 2. The normalized spacial score (nSPS) is 14.8. The van der Waals surface area contributed by atoms with E-state index in [1.54, 1.807) is 0 Å². The minimum atomic E-state index is -0.0235. The van der Waals surface area contributed by atoms with Crippen molar-refractivity contribution < 1.29 is 14.3 Å². The maximum absolute atomic E-state index is 8.81. The fourth-order valence-electron chi connectivity index (χ4n) is 4.25. The number of aryl methyl sites for hydroxylation is 1. The van der Waals surface area contributed by atoms with Crippen molar-refractivity contribution in [3.8, 4) is 5.75 Å². The van der Waals surface area contributed by atoms with E-state index in [0.717, 1.165) is 55.9 Å². The molecule has 6 heteroatoms. The Bertz CT molecular complexity index is 809. The van der Waals surface area contributed by atoms with Crippen LogP contribution in [0.15, 0.2) is 24.4 Å². The van der Waals surface area contributed by atoms with E-state index in [0.29, 0.717) is 0 Å². The van der Waals surface area contributed by atoms with Gasteiger partial charge in [-0.25, -0.2) is 0 Å². The third-order valence-corrected chi connectivity index (χ3v) is 7.48. The van der Waals surface area contributed by atoms with Crippen molar-refractivity contribution in [2.24, 2.45) is 5.92 Å². The number of pyridine rings is 1. The molecule has 0 spiro atoms. The van der Waals surface area contributed by atoms with Crippen LogP contribution < -0.4 is 9.64 Å². The summed E-state index contributed by atoms with van der Waals surface area (Å²) in [6.45, 7) is 11.1. The van der Waals surface area contributed by atoms with Gasteiger partial charge in [-0.15, -0.1) is 0 Å². The van der Waals surface area contributed by atoms with Gasteiger partial charge in [0.25, 0.3) is 0 Å². The van der Waals surface area contributed by atoms with Gasteiger partial charge in [-0.2, -0.15) is 0 Å². The molecule has 0 fully saturated rings. The first-order valence-corrected chi connectivity index (χ1v) is 13.6. The molecule has 2 atom stereocenters. The van der Waals surface area contributed by atoms with Gasteiger partial charge < -0.3 is 19.2 Å². The molecular weight excluding hydrogens is 407 g/mol. The Kier molecular flexibility index (Phi) is 11.2. The van der Waals surface area contributed by atoms with Crippen molar-refractivity contribution in [3.05, 3.63) is 30.0 Å². The second-order valence-electron chi connectivity index (χ2n) is 8.15. The molecule has 0 saturated carbocycles. The fourth-order valence-corrected chi connectivity index (χ4v) is 6.04. The Hall–Kier alpha value is -1.71. The van der Waals surface area contributed by atoms with Crippen LogP contribution in [0.3, 0.4) is 0 Å². The molecule has 1 aliphatic heterocycles. The highest BCUT2D eigenvalue weighted by Crippen LogP contribution is 2.39. The van der Waals surface area contributed by atoms with Crippen LogP contribution in [0.5, 0.6) is 5.75 Å². The average molecular weight is 447 g/mol. The Morgan fingerprint density at radius 1 is 1.32 bits per heavy atom. The zero-order valence-corrected chi connectivity index (χ0v) is 20.8. The highest BCUT2D eigenvalue weighted by Gasteiger charge is 2.23. The van der Waals surface area contributed by atoms with Gasteiger partial charge in [0.2, 0.25) is 0 Å². The number of rotatable bonds is 10. The minimum absolute atomic E-state index is 0.0235. The molecule has 0 saturated heterocycles. The lowest BCUT2D eigenvalue weighted by molar-refractivity contribution is -0.106. The standard InChI is InChI=1S/C23H35N2O2P.C2H4O/c1-5-7-19(16-28(4)17-26-3)10-11-25-12-13-27-22-15-24-21-9-8-18(6-2)14-20(21)23(22)25;1-2-3/h8-9,14-15,19H,5-7,10-13,16-17H2,1-4H3;2H,1H3. The number of benzene rings is 1. The van der Waals surface area contributed by atoms with Gasteiger partial charge in [0.05, 0.1) is 30.3 Å². The molecule has 2 heterocycles. The lowest BCUT2D eigenvalue weighted by atomic mass is 10.0. The number of methoxy groups -OCH3 is 1. The number of hydrogen-bond donors (Lipinski definition) is 0. The number of fused-ring (bicyclic) bond motifs is 3. The molecule has 0 aliphatic carbocycles. The molecule has 1 aromatic carbocycles. The number of aromatic nitrogens is 1. The zero-order valence-electron chi connectivity index (χ0n) is 19.9. The van der Waals surface area contributed by atoms with Crippen molar-refractivity contribution in [1.29, 1.82) is 0 Å². The topological polar surface area (TPSA) is 51.7 Å².